The van der Waals surface area contributed by atoms with Gasteiger partial charge in [0.05, 0.1) is 39.6 Å². The number of fused-ring (bicyclic) bond motifs is 2. The standard InChI is InChI=1S/C28H40O6/c1-26(2,3)28(27(4,5)6)21-31-18-17-29-15-16-30-19-20-32-22-11-7-8-12-23(22)33-24-13-9-10-14-25(24)34-28/h7-14H,15-21H2,1-6H3. The third-order valence-corrected chi connectivity index (χ3v) is 6.16. The summed E-state index contributed by atoms with van der Waals surface area (Å²) < 4.78 is 36.7. The Kier molecular flexibility index (Phi) is 8.85. The van der Waals surface area contributed by atoms with Crippen molar-refractivity contribution >= 4 is 0 Å². The van der Waals surface area contributed by atoms with Gasteiger partial charge in [-0.15, -0.1) is 0 Å². The van der Waals surface area contributed by atoms with Crippen molar-refractivity contribution in [1.29, 1.82) is 0 Å². The summed E-state index contributed by atoms with van der Waals surface area (Å²) in [6.45, 7) is 16.4. The highest BCUT2D eigenvalue weighted by Crippen LogP contribution is 2.49. The zero-order valence-corrected chi connectivity index (χ0v) is 21.5. The predicted molar refractivity (Wildman–Crippen MR) is 133 cm³/mol. The van der Waals surface area contributed by atoms with E-state index in [1.165, 1.54) is 0 Å². The fraction of sp³-hybridized carbons (Fsp3) is 0.571. The molecular weight excluding hydrogens is 432 g/mol. The molecule has 0 bridgehead atoms. The van der Waals surface area contributed by atoms with Crippen molar-refractivity contribution in [2.45, 2.75) is 47.1 Å². The third kappa shape index (κ3) is 6.44. The van der Waals surface area contributed by atoms with Crippen molar-refractivity contribution in [1.82, 2.24) is 0 Å². The summed E-state index contributed by atoms with van der Waals surface area (Å²) in [6.07, 6.45) is 0. The van der Waals surface area contributed by atoms with E-state index < -0.39 is 5.60 Å². The molecule has 1 heterocycles. The normalized spacial score (nSPS) is 18.6. The molecule has 0 aromatic heterocycles. The molecule has 2 aromatic rings. The molecule has 0 saturated carbocycles. The van der Waals surface area contributed by atoms with E-state index >= 15 is 0 Å². The zero-order chi connectivity index (χ0) is 24.7. The van der Waals surface area contributed by atoms with Crippen LogP contribution < -0.4 is 14.2 Å². The molecule has 1 aliphatic heterocycles. The number of rotatable bonds is 0. The Morgan fingerprint density at radius 3 is 1.56 bits per heavy atom. The Balaban J connectivity index is 2.01. The Bertz CT molecular complexity index is 882. The van der Waals surface area contributed by atoms with Crippen LogP contribution in [-0.2, 0) is 14.2 Å². The molecule has 3 rings (SSSR count). The second kappa shape index (κ2) is 11.4. The second-order valence-corrected chi connectivity index (χ2v) is 10.6. The van der Waals surface area contributed by atoms with Crippen molar-refractivity contribution in [2.75, 3.05) is 46.2 Å². The molecular formula is C28H40O6. The van der Waals surface area contributed by atoms with E-state index in [1.807, 2.05) is 48.5 Å². The first kappa shape index (κ1) is 26.3. The van der Waals surface area contributed by atoms with Gasteiger partial charge in [0.25, 0.3) is 0 Å². The van der Waals surface area contributed by atoms with E-state index in [0.29, 0.717) is 69.2 Å². The molecule has 0 unspecified atom stereocenters. The van der Waals surface area contributed by atoms with Crippen LogP contribution in [0, 0.1) is 10.8 Å². The van der Waals surface area contributed by atoms with Crippen LogP contribution in [-0.4, -0.2) is 51.8 Å². The first-order chi connectivity index (χ1) is 16.1. The summed E-state index contributed by atoms with van der Waals surface area (Å²) in [5.74, 6) is 2.56. The number of hydrogen-bond donors (Lipinski definition) is 0. The summed E-state index contributed by atoms with van der Waals surface area (Å²) in [6, 6.07) is 15.4. The van der Waals surface area contributed by atoms with Crippen LogP contribution in [0.15, 0.2) is 48.5 Å². The smallest absolute Gasteiger partial charge is 0.169 e. The average Bonchev–Trinajstić information content (AvgIpc) is 2.76. The van der Waals surface area contributed by atoms with E-state index in [-0.39, 0.29) is 10.8 Å². The van der Waals surface area contributed by atoms with Gasteiger partial charge in [-0.25, -0.2) is 0 Å². The Labute approximate surface area is 204 Å². The highest BCUT2D eigenvalue weighted by atomic mass is 16.6. The van der Waals surface area contributed by atoms with Gasteiger partial charge in [-0.2, -0.15) is 0 Å². The van der Waals surface area contributed by atoms with Crippen LogP contribution in [0.25, 0.3) is 0 Å². The van der Waals surface area contributed by atoms with Gasteiger partial charge in [0, 0.05) is 10.8 Å². The Morgan fingerprint density at radius 2 is 1.00 bits per heavy atom. The second-order valence-electron chi connectivity index (χ2n) is 10.6. The van der Waals surface area contributed by atoms with Gasteiger partial charge < -0.3 is 28.4 Å². The average molecular weight is 473 g/mol. The van der Waals surface area contributed by atoms with Crippen LogP contribution in [0.1, 0.15) is 41.5 Å². The molecule has 2 aromatic carbocycles. The minimum absolute atomic E-state index is 0.241. The number of benzene rings is 2. The first-order valence-electron chi connectivity index (χ1n) is 12.0. The largest absolute Gasteiger partial charge is 0.487 e. The summed E-state index contributed by atoms with van der Waals surface area (Å²) in [5.41, 5.74) is -1.13. The van der Waals surface area contributed by atoms with Gasteiger partial charge in [-0.3, -0.25) is 0 Å². The van der Waals surface area contributed by atoms with E-state index in [4.69, 9.17) is 28.4 Å². The number of para-hydroxylation sites is 4. The monoisotopic (exact) mass is 472 g/mol. The lowest BCUT2D eigenvalue weighted by atomic mass is 9.62. The lowest BCUT2D eigenvalue weighted by Crippen LogP contribution is -2.60. The van der Waals surface area contributed by atoms with Crippen molar-refractivity contribution in [2.24, 2.45) is 10.8 Å². The topological polar surface area (TPSA) is 55.4 Å². The molecule has 6 heteroatoms. The van der Waals surface area contributed by atoms with Gasteiger partial charge in [-0.1, -0.05) is 65.8 Å². The Hall–Kier alpha value is -2.28. The summed E-state index contributed by atoms with van der Waals surface area (Å²) in [5, 5.41) is 0. The van der Waals surface area contributed by atoms with Crippen LogP contribution >= 0.6 is 0 Å². The van der Waals surface area contributed by atoms with Gasteiger partial charge in [0.1, 0.15) is 12.2 Å². The summed E-state index contributed by atoms with van der Waals surface area (Å²) >= 11 is 0. The molecule has 0 amide bonds. The molecule has 0 spiro atoms. The van der Waals surface area contributed by atoms with Crippen LogP contribution in [0.3, 0.4) is 0 Å². The van der Waals surface area contributed by atoms with Gasteiger partial charge in [0.2, 0.25) is 0 Å². The first-order valence-corrected chi connectivity index (χ1v) is 12.0. The molecule has 0 N–H and O–H groups in total. The lowest BCUT2D eigenvalue weighted by molar-refractivity contribution is -0.160. The van der Waals surface area contributed by atoms with Gasteiger partial charge in [0.15, 0.2) is 23.0 Å². The van der Waals surface area contributed by atoms with Gasteiger partial charge in [-0.05, 0) is 24.3 Å². The summed E-state index contributed by atoms with van der Waals surface area (Å²) in [7, 11) is 0. The van der Waals surface area contributed by atoms with Gasteiger partial charge >= 0.3 is 0 Å². The highest BCUT2D eigenvalue weighted by Gasteiger charge is 2.53. The quantitative estimate of drug-likeness (QED) is 0.460. The molecule has 188 valence electrons. The van der Waals surface area contributed by atoms with Crippen LogP contribution in [0.4, 0.5) is 0 Å². The predicted octanol–water partition coefficient (Wildman–Crippen LogP) is 6.13. The SMILES string of the molecule is CC(C)(C)C1(C(C)(C)C)COCCOCCOCCOc2ccccc2Oc2ccccc2O1. The lowest BCUT2D eigenvalue weighted by Gasteiger charge is -2.52. The van der Waals surface area contributed by atoms with E-state index in [9.17, 15) is 0 Å². The number of hydrogen-bond acceptors (Lipinski definition) is 6. The van der Waals surface area contributed by atoms with Crippen LogP contribution in [0.2, 0.25) is 0 Å². The molecule has 6 nitrogen and oxygen atoms in total. The van der Waals surface area contributed by atoms with Crippen molar-refractivity contribution in [3.8, 4) is 23.0 Å². The Morgan fingerprint density at radius 1 is 0.559 bits per heavy atom. The maximum absolute atomic E-state index is 6.92. The molecule has 0 radical (unpaired) electrons. The minimum Gasteiger partial charge on any atom is -0.487 e. The molecule has 34 heavy (non-hydrogen) atoms. The zero-order valence-electron chi connectivity index (χ0n) is 21.5. The maximum Gasteiger partial charge on any atom is 0.169 e. The van der Waals surface area contributed by atoms with E-state index in [0.717, 1.165) is 0 Å². The highest BCUT2D eigenvalue weighted by molar-refractivity contribution is 5.47. The number of ether oxygens (including phenoxy) is 6. The molecule has 1 aliphatic rings. The van der Waals surface area contributed by atoms with E-state index in [1.54, 1.807) is 0 Å². The van der Waals surface area contributed by atoms with Crippen molar-refractivity contribution < 1.29 is 28.4 Å². The molecule has 0 atom stereocenters. The van der Waals surface area contributed by atoms with Crippen molar-refractivity contribution in [3.05, 3.63) is 48.5 Å². The van der Waals surface area contributed by atoms with E-state index in [2.05, 4.69) is 41.5 Å². The third-order valence-electron chi connectivity index (χ3n) is 6.16. The van der Waals surface area contributed by atoms with Crippen molar-refractivity contribution in [3.63, 3.8) is 0 Å². The fourth-order valence-corrected chi connectivity index (χ4v) is 4.34. The molecule has 0 saturated heterocycles. The molecule has 0 aliphatic carbocycles. The maximum atomic E-state index is 6.92. The summed E-state index contributed by atoms with van der Waals surface area (Å²) in [4.78, 5) is 0. The minimum atomic E-state index is -0.649. The fourth-order valence-electron chi connectivity index (χ4n) is 4.34. The molecule has 0 fully saturated rings. The van der Waals surface area contributed by atoms with Crippen LogP contribution in [0.5, 0.6) is 23.0 Å².